The minimum atomic E-state index is -0.482. The van der Waals surface area contributed by atoms with Crippen LogP contribution >= 0.6 is 0 Å². The molecule has 20 heavy (non-hydrogen) atoms. The molecule has 1 saturated carbocycles. The zero-order valence-electron chi connectivity index (χ0n) is 12.8. The molecule has 0 spiro atoms. The smallest absolute Gasteiger partial charge is 0.306 e. The molecule has 0 aromatic carbocycles. The number of esters is 1. The topological polar surface area (TPSA) is 58.6 Å². The second-order valence-electron chi connectivity index (χ2n) is 6.87. The van der Waals surface area contributed by atoms with Gasteiger partial charge in [0.2, 0.25) is 5.91 Å². The third-order valence-electron chi connectivity index (χ3n) is 3.62. The van der Waals surface area contributed by atoms with E-state index in [2.05, 4.69) is 10.2 Å². The molecule has 2 aliphatic rings. The average molecular weight is 282 g/mol. The molecule has 1 saturated heterocycles. The van der Waals surface area contributed by atoms with E-state index in [1.807, 2.05) is 20.8 Å². The Morgan fingerprint density at radius 2 is 1.90 bits per heavy atom. The summed E-state index contributed by atoms with van der Waals surface area (Å²) in [6.07, 6.45) is 4.00. The highest BCUT2D eigenvalue weighted by Gasteiger charge is 2.34. The van der Waals surface area contributed by atoms with Crippen molar-refractivity contribution < 1.29 is 14.3 Å². The zero-order valence-corrected chi connectivity index (χ0v) is 12.8. The van der Waals surface area contributed by atoms with E-state index < -0.39 is 5.60 Å². The fraction of sp³-hybridized carbons (Fsp3) is 0.867. The molecule has 5 nitrogen and oxygen atoms in total. The molecule has 1 unspecified atom stereocenters. The molecule has 114 valence electrons. The van der Waals surface area contributed by atoms with E-state index in [1.165, 1.54) is 12.8 Å². The van der Waals surface area contributed by atoms with Gasteiger partial charge in [-0.2, -0.15) is 0 Å². The Hall–Kier alpha value is -1.10. The van der Waals surface area contributed by atoms with Gasteiger partial charge in [0, 0.05) is 31.6 Å². The van der Waals surface area contributed by atoms with Gasteiger partial charge in [-0.3, -0.25) is 14.5 Å². The van der Waals surface area contributed by atoms with Crippen molar-refractivity contribution in [3.8, 4) is 0 Å². The van der Waals surface area contributed by atoms with Gasteiger partial charge in [-0.15, -0.1) is 0 Å². The van der Waals surface area contributed by atoms with E-state index in [-0.39, 0.29) is 30.8 Å². The van der Waals surface area contributed by atoms with Gasteiger partial charge in [-0.05, 0) is 40.0 Å². The standard InChI is InChI=1S/C15H26N2O3/c1-15(2,3)20-14(19)7-6-13(18)16-11-8-9-17(10-11)12-4-5-12/h11-12H,4-10H2,1-3H3,(H,16,18). The molecule has 2 rings (SSSR count). The van der Waals surface area contributed by atoms with Gasteiger partial charge in [-0.1, -0.05) is 0 Å². The Kier molecular flexibility index (Phi) is 4.68. The zero-order chi connectivity index (χ0) is 14.8. The highest BCUT2D eigenvalue weighted by molar-refractivity contribution is 5.81. The van der Waals surface area contributed by atoms with Gasteiger partial charge in [0.1, 0.15) is 5.60 Å². The van der Waals surface area contributed by atoms with Crippen LogP contribution in [-0.2, 0) is 14.3 Å². The van der Waals surface area contributed by atoms with Gasteiger partial charge >= 0.3 is 5.97 Å². The first kappa shape index (κ1) is 15.3. The second-order valence-corrected chi connectivity index (χ2v) is 6.87. The predicted molar refractivity (Wildman–Crippen MR) is 76.2 cm³/mol. The van der Waals surface area contributed by atoms with Crippen LogP contribution in [0.2, 0.25) is 0 Å². The molecule has 1 N–H and O–H groups in total. The van der Waals surface area contributed by atoms with Crippen molar-refractivity contribution in [2.24, 2.45) is 0 Å². The van der Waals surface area contributed by atoms with E-state index in [0.29, 0.717) is 0 Å². The lowest BCUT2D eigenvalue weighted by atomic mass is 10.2. The number of ether oxygens (including phenoxy) is 1. The summed E-state index contributed by atoms with van der Waals surface area (Å²) in [5.41, 5.74) is -0.482. The first-order valence-electron chi connectivity index (χ1n) is 7.59. The van der Waals surface area contributed by atoms with Crippen LogP contribution in [0.4, 0.5) is 0 Å². The summed E-state index contributed by atoms with van der Waals surface area (Å²) in [7, 11) is 0. The summed E-state index contributed by atoms with van der Waals surface area (Å²) < 4.78 is 5.19. The summed E-state index contributed by atoms with van der Waals surface area (Å²) >= 11 is 0. The molecule has 5 heteroatoms. The van der Waals surface area contributed by atoms with Crippen molar-refractivity contribution in [3.63, 3.8) is 0 Å². The molecule has 1 aliphatic heterocycles. The van der Waals surface area contributed by atoms with Crippen LogP contribution in [0.25, 0.3) is 0 Å². The lowest BCUT2D eigenvalue weighted by molar-refractivity contribution is -0.155. The van der Waals surface area contributed by atoms with E-state index in [0.717, 1.165) is 25.6 Å². The molecule has 1 atom stereocenters. The first-order valence-corrected chi connectivity index (χ1v) is 7.59. The van der Waals surface area contributed by atoms with Crippen LogP contribution in [0, 0.1) is 0 Å². The number of hydrogen-bond acceptors (Lipinski definition) is 4. The molecule has 0 aromatic rings. The molecule has 0 radical (unpaired) electrons. The molecule has 0 aromatic heterocycles. The normalized spacial score (nSPS) is 23.6. The molecule has 2 fully saturated rings. The number of rotatable bonds is 5. The highest BCUT2D eigenvalue weighted by atomic mass is 16.6. The number of nitrogens with one attached hydrogen (secondary N) is 1. The lowest BCUT2D eigenvalue weighted by Crippen LogP contribution is -2.37. The van der Waals surface area contributed by atoms with Crippen molar-refractivity contribution in [2.45, 2.75) is 70.6 Å². The number of nitrogens with zero attached hydrogens (tertiary/aromatic N) is 1. The minimum Gasteiger partial charge on any atom is -0.460 e. The number of carbonyl (C=O) groups excluding carboxylic acids is 2. The van der Waals surface area contributed by atoms with Crippen molar-refractivity contribution in [2.75, 3.05) is 13.1 Å². The fourth-order valence-electron chi connectivity index (χ4n) is 2.58. The Bertz CT molecular complexity index is 372. The maximum Gasteiger partial charge on any atom is 0.306 e. The molecular formula is C15H26N2O3. The monoisotopic (exact) mass is 282 g/mol. The minimum absolute atomic E-state index is 0.0430. The van der Waals surface area contributed by atoms with Gasteiger partial charge in [0.25, 0.3) is 0 Å². The Morgan fingerprint density at radius 1 is 1.20 bits per heavy atom. The maximum absolute atomic E-state index is 11.8. The van der Waals surface area contributed by atoms with E-state index in [4.69, 9.17) is 4.74 Å². The van der Waals surface area contributed by atoms with Crippen LogP contribution in [0.1, 0.15) is 52.9 Å². The van der Waals surface area contributed by atoms with Gasteiger partial charge < -0.3 is 10.1 Å². The van der Waals surface area contributed by atoms with Gasteiger partial charge in [-0.25, -0.2) is 0 Å². The largest absolute Gasteiger partial charge is 0.460 e. The van der Waals surface area contributed by atoms with E-state index in [9.17, 15) is 9.59 Å². The summed E-state index contributed by atoms with van der Waals surface area (Å²) in [6.45, 7) is 7.53. The number of hydrogen-bond donors (Lipinski definition) is 1. The van der Waals surface area contributed by atoms with Crippen molar-refractivity contribution in [3.05, 3.63) is 0 Å². The fourth-order valence-corrected chi connectivity index (χ4v) is 2.58. The lowest BCUT2D eigenvalue weighted by Gasteiger charge is -2.19. The van der Waals surface area contributed by atoms with Crippen LogP contribution < -0.4 is 5.32 Å². The first-order chi connectivity index (χ1) is 9.33. The summed E-state index contributed by atoms with van der Waals surface area (Å²) in [5, 5.41) is 3.02. The van der Waals surface area contributed by atoms with Crippen LogP contribution in [0.15, 0.2) is 0 Å². The third kappa shape index (κ3) is 5.12. The van der Waals surface area contributed by atoms with Crippen molar-refractivity contribution in [1.82, 2.24) is 10.2 Å². The summed E-state index contributed by atoms with van der Waals surface area (Å²) in [6, 6.07) is 1.01. The van der Waals surface area contributed by atoms with E-state index >= 15 is 0 Å². The number of carbonyl (C=O) groups is 2. The SMILES string of the molecule is CC(C)(C)OC(=O)CCC(=O)NC1CCN(C2CC2)C1. The Labute approximate surface area is 121 Å². The van der Waals surface area contributed by atoms with E-state index in [1.54, 1.807) is 0 Å². The molecule has 1 aliphatic carbocycles. The summed E-state index contributed by atoms with van der Waals surface area (Å²) in [5.74, 6) is -0.350. The van der Waals surface area contributed by atoms with Crippen LogP contribution in [0.5, 0.6) is 0 Å². The Morgan fingerprint density at radius 3 is 2.50 bits per heavy atom. The quantitative estimate of drug-likeness (QED) is 0.776. The van der Waals surface area contributed by atoms with Gasteiger partial charge in [0.15, 0.2) is 0 Å². The number of likely N-dealkylation sites (tertiary alicyclic amines) is 1. The Balaban J connectivity index is 1.62. The molecule has 1 heterocycles. The third-order valence-corrected chi connectivity index (χ3v) is 3.62. The maximum atomic E-state index is 11.8. The second kappa shape index (κ2) is 6.12. The van der Waals surface area contributed by atoms with Gasteiger partial charge in [0.05, 0.1) is 6.42 Å². The predicted octanol–water partition coefficient (Wildman–Crippen LogP) is 1.46. The van der Waals surface area contributed by atoms with Crippen LogP contribution in [-0.4, -0.2) is 47.6 Å². The number of amides is 1. The van der Waals surface area contributed by atoms with Crippen molar-refractivity contribution in [1.29, 1.82) is 0 Å². The highest BCUT2D eigenvalue weighted by Crippen LogP contribution is 2.29. The molecule has 0 bridgehead atoms. The van der Waals surface area contributed by atoms with Crippen LogP contribution in [0.3, 0.4) is 0 Å². The summed E-state index contributed by atoms with van der Waals surface area (Å²) in [4.78, 5) is 25.8. The van der Waals surface area contributed by atoms with Crippen molar-refractivity contribution >= 4 is 11.9 Å². The average Bonchev–Trinajstić information content (AvgIpc) is 3.06. The molecular weight excluding hydrogens is 256 g/mol. The molecule has 1 amide bonds.